The maximum Gasteiger partial charge on any atom is 0.223 e. The molecular formula is C31H33N3O2. The Balaban J connectivity index is 1.29. The van der Waals surface area contributed by atoms with E-state index in [4.69, 9.17) is 4.74 Å². The van der Waals surface area contributed by atoms with Gasteiger partial charge >= 0.3 is 0 Å². The molecule has 1 saturated heterocycles. The van der Waals surface area contributed by atoms with Crippen molar-refractivity contribution in [3.05, 3.63) is 136 Å². The molecule has 5 rings (SSSR count). The summed E-state index contributed by atoms with van der Waals surface area (Å²) in [6.45, 7) is 6.83. The van der Waals surface area contributed by atoms with E-state index >= 15 is 0 Å². The molecule has 5 nitrogen and oxygen atoms in total. The van der Waals surface area contributed by atoms with Crippen LogP contribution in [-0.4, -0.2) is 40.5 Å². The van der Waals surface area contributed by atoms with E-state index in [0.717, 1.165) is 50.5 Å². The zero-order chi connectivity index (χ0) is 24.6. The van der Waals surface area contributed by atoms with Crippen LogP contribution in [-0.2, 0) is 26.2 Å². The minimum Gasteiger partial charge on any atom is -0.483 e. The van der Waals surface area contributed by atoms with Gasteiger partial charge in [0.1, 0.15) is 6.61 Å². The summed E-state index contributed by atoms with van der Waals surface area (Å²) in [5.74, 6) is 0.395. The van der Waals surface area contributed by atoms with Crippen molar-refractivity contribution in [3.63, 3.8) is 0 Å². The van der Waals surface area contributed by atoms with E-state index in [0.29, 0.717) is 18.9 Å². The summed E-state index contributed by atoms with van der Waals surface area (Å²) in [6.07, 6.45) is 1.89. The first-order chi connectivity index (χ1) is 17.7. The summed E-state index contributed by atoms with van der Waals surface area (Å²) in [5.41, 5.74) is 4.56. The van der Waals surface area contributed by atoms with Gasteiger partial charge in [-0.15, -0.1) is 0 Å². The summed E-state index contributed by atoms with van der Waals surface area (Å²) in [5, 5.41) is 0. The molecule has 1 aliphatic rings. The molecule has 2 heterocycles. The highest BCUT2D eigenvalue weighted by molar-refractivity contribution is 5.25. The number of aromatic nitrogens is 1. The van der Waals surface area contributed by atoms with Crippen molar-refractivity contribution in [2.75, 3.05) is 26.2 Å². The average Bonchev–Trinajstić information content (AvgIpc) is 2.92. The fourth-order valence-corrected chi connectivity index (χ4v) is 4.68. The fourth-order valence-electron chi connectivity index (χ4n) is 4.68. The number of hydrogen-bond acceptors (Lipinski definition) is 4. The van der Waals surface area contributed by atoms with E-state index in [1.165, 1.54) is 11.1 Å². The van der Waals surface area contributed by atoms with E-state index < -0.39 is 0 Å². The molecule has 1 fully saturated rings. The maximum atomic E-state index is 13.0. The summed E-state index contributed by atoms with van der Waals surface area (Å²) in [7, 11) is 0. The van der Waals surface area contributed by atoms with E-state index in [-0.39, 0.29) is 5.43 Å². The molecule has 0 amide bonds. The molecule has 0 unspecified atom stereocenters. The lowest BCUT2D eigenvalue weighted by Gasteiger charge is -2.35. The third-order valence-corrected chi connectivity index (χ3v) is 6.71. The van der Waals surface area contributed by atoms with E-state index in [2.05, 4.69) is 69.0 Å². The molecule has 0 N–H and O–H groups in total. The minimum absolute atomic E-state index is 0.0621. The van der Waals surface area contributed by atoms with Crippen LogP contribution in [0.2, 0.25) is 0 Å². The number of rotatable bonds is 9. The lowest BCUT2D eigenvalue weighted by Crippen LogP contribution is -2.45. The molecule has 4 aromatic rings. The van der Waals surface area contributed by atoms with Crippen LogP contribution in [0.25, 0.3) is 0 Å². The van der Waals surface area contributed by atoms with Gasteiger partial charge in [0, 0.05) is 57.6 Å². The van der Waals surface area contributed by atoms with Crippen molar-refractivity contribution in [2.24, 2.45) is 0 Å². The molecule has 3 aromatic carbocycles. The monoisotopic (exact) mass is 479 g/mol. The molecule has 0 radical (unpaired) electrons. The van der Waals surface area contributed by atoms with Crippen molar-refractivity contribution >= 4 is 0 Å². The SMILES string of the molecule is O=c1cc(CN2CCN(Cc3ccccc3)CC2)n(Cc2ccccc2)cc1OCc1ccccc1. The van der Waals surface area contributed by atoms with Crippen LogP contribution in [0, 0.1) is 0 Å². The second kappa shape index (κ2) is 11.8. The normalized spacial score (nSPS) is 14.6. The fraction of sp³-hybridized carbons (Fsp3) is 0.258. The van der Waals surface area contributed by atoms with Crippen molar-refractivity contribution in [1.29, 1.82) is 0 Å². The molecule has 0 aliphatic carbocycles. The molecule has 5 heteroatoms. The van der Waals surface area contributed by atoms with Gasteiger partial charge in [0.15, 0.2) is 5.75 Å². The first-order valence-corrected chi connectivity index (χ1v) is 12.7. The number of ether oxygens (including phenoxy) is 1. The zero-order valence-electron chi connectivity index (χ0n) is 20.6. The average molecular weight is 480 g/mol. The Morgan fingerprint density at radius 1 is 0.611 bits per heavy atom. The standard InChI is InChI=1S/C31H33N3O2/c35-30-20-29(23-33-18-16-32(17-19-33)21-26-10-4-1-5-11-26)34(22-27-12-6-2-7-13-27)24-31(30)36-25-28-14-8-3-9-15-28/h1-15,20,24H,16-19,21-23,25H2. The smallest absolute Gasteiger partial charge is 0.223 e. The van der Waals surface area contributed by atoms with Crippen LogP contribution in [0.5, 0.6) is 5.75 Å². The molecule has 1 aromatic heterocycles. The van der Waals surface area contributed by atoms with Crippen molar-refractivity contribution in [2.45, 2.75) is 26.2 Å². The zero-order valence-corrected chi connectivity index (χ0v) is 20.6. The highest BCUT2D eigenvalue weighted by Crippen LogP contribution is 2.16. The van der Waals surface area contributed by atoms with Gasteiger partial charge in [-0.25, -0.2) is 0 Å². The molecule has 0 bridgehead atoms. The molecule has 36 heavy (non-hydrogen) atoms. The minimum atomic E-state index is -0.0621. The highest BCUT2D eigenvalue weighted by atomic mass is 16.5. The Bertz CT molecular complexity index is 1280. The van der Waals surface area contributed by atoms with Crippen molar-refractivity contribution in [3.8, 4) is 5.75 Å². The third-order valence-electron chi connectivity index (χ3n) is 6.71. The molecule has 184 valence electrons. The van der Waals surface area contributed by atoms with E-state index in [1.807, 2.05) is 42.6 Å². The van der Waals surface area contributed by atoms with E-state index in [1.54, 1.807) is 6.07 Å². The summed E-state index contributed by atoms with van der Waals surface area (Å²) < 4.78 is 8.14. The molecule has 0 spiro atoms. The van der Waals surface area contributed by atoms with Gasteiger partial charge in [-0.2, -0.15) is 0 Å². The van der Waals surface area contributed by atoms with Crippen LogP contribution in [0.15, 0.2) is 108 Å². The van der Waals surface area contributed by atoms with Gasteiger partial charge in [-0.05, 0) is 16.7 Å². The largest absolute Gasteiger partial charge is 0.483 e. The Hall–Kier alpha value is -3.67. The Kier molecular flexibility index (Phi) is 7.91. The highest BCUT2D eigenvalue weighted by Gasteiger charge is 2.19. The predicted octanol–water partition coefficient (Wildman–Crippen LogP) is 4.79. The maximum absolute atomic E-state index is 13.0. The van der Waals surface area contributed by atoms with Crippen LogP contribution in [0.4, 0.5) is 0 Å². The number of nitrogens with zero attached hydrogens (tertiary/aromatic N) is 3. The number of hydrogen-bond donors (Lipinski definition) is 0. The van der Waals surface area contributed by atoms with Gasteiger partial charge in [0.2, 0.25) is 5.43 Å². The van der Waals surface area contributed by atoms with Gasteiger partial charge in [-0.3, -0.25) is 14.6 Å². The first-order valence-electron chi connectivity index (χ1n) is 12.7. The van der Waals surface area contributed by atoms with Crippen molar-refractivity contribution in [1.82, 2.24) is 14.4 Å². The summed E-state index contributed by atoms with van der Waals surface area (Å²) in [4.78, 5) is 17.9. The molecule has 0 saturated carbocycles. The number of piperazine rings is 1. The summed E-state index contributed by atoms with van der Waals surface area (Å²) >= 11 is 0. The third kappa shape index (κ3) is 6.51. The second-order valence-electron chi connectivity index (χ2n) is 9.42. The molecular weight excluding hydrogens is 446 g/mol. The van der Waals surface area contributed by atoms with Crippen molar-refractivity contribution < 1.29 is 4.74 Å². The second-order valence-corrected chi connectivity index (χ2v) is 9.42. The van der Waals surface area contributed by atoms with Gasteiger partial charge < -0.3 is 9.30 Å². The van der Waals surface area contributed by atoms with Gasteiger partial charge in [-0.1, -0.05) is 91.0 Å². The van der Waals surface area contributed by atoms with Crippen LogP contribution in [0.3, 0.4) is 0 Å². The van der Waals surface area contributed by atoms with Gasteiger partial charge in [0.25, 0.3) is 0 Å². The Morgan fingerprint density at radius 3 is 1.69 bits per heavy atom. The first kappa shape index (κ1) is 24.0. The Labute approximate surface area is 213 Å². The number of pyridine rings is 1. The van der Waals surface area contributed by atoms with E-state index in [9.17, 15) is 4.79 Å². The molecule has 0 atom stereocenters. The van der Waals surface area contributed by atoms with Crippen LogP contribution < -0.4 is 10.2 Å². The van der Waals surface area contributed by atoms with Crippen LogP contribution >= 0.6 is 0 Å². The Morgan fingerprint density at radius 2 is 1.11 bits per heavy atom. The molecule has 1 aliphatic heterocycles. The lowest BCUT2D eigenvalue weighted by molar-refractivity contribution is 0.120. The number of benzene rings is 3. The quantitative estimate of drug-likeness (QED) is 0.346. The summed E-state index contributed by atoms with van der Waals surface area (Å²) in [6, 6.07) is 32.7. The topological polar surface area (TPSA) is 37.7 Å². The van der Waals surface area contributed by atoms with Crippen LogP contribution in [0.1, 0.15) is 22.4 Å². The lowest BCUT2D eigenvalue weighted by atomic mass is 10.2. The van der Waals surface area contributed by atoms with Gasteiger partial charge in [0.05, 0.1) is 6.20 Å². The predicted molar refractivity (Wildman–Crippen MR) is 144 cm³/mol.